The lowest BCUT2D eigenvalue weighted by Crippen LogP contribution is -2.52. The molecule has 2 aromatic rings. The predicted octanol–water partition coefficient (Wildman–Crippen LogP) is 1.72. The maximum Gasteiger partial charge on any atom is 0.271 e. The number of para-hydroxylation sites is 2. The van der Waals surface area contributed by atoms with Crippen LogP contribution in [0.25, 0.3) is 0 Å². The molecule has 0 bridgehead atoms. The molecule has 2 aromatic carbocycles. The van der Waals surface area contributed by atoms with Crippen LogP contribution in [-0.2, 0) is 14.4 Å². The molecule has 7 nitrogen and oxygen atoms in total. The number of nitrogens with one attached hydrogen (secondary N) is 1. The van der Waals surface area contributed by atoms with E-state index in [4.69, 9.17) is 9.57 Å². The SMILES string of the molecule is CNC(=O)[C@@H]1CN(C(=O)[C@@H]2CC(c3ccccc3)=NO2)c2ccccc2O1. The zero-order valence-corrected chi connectivity index (χ0v) is 14.8. The van der Waals surface area contributed by atoms with Crippen molar-refractivity contribution in [3.63, 3.8) is 0 Å². The molecule has 2 aliphatic rings. The summed E-state index contributed by atoms with van der Waals surface area (Å²) in [6.45, 7) is 0.121. The second-order valence-corrected chi connectivity index (χ2v) is 6.34. The molecule has 0 unspecified atom stereocenters. The van der Waals surface area contributed by atoms with Crippen LogP contribution in [0.4, 0.5) is 5.69 Å². The van der Waals surface area contributed by atoms with Crippen LogP contribution in [0.3, 0.4) is 0 Å². The molecular formula is C20H19N3O4. The van der Waals surface area contributed by atoms with E-state index in [2.05, 4.69) is 10.5 Å². The monoisotopic (exact) mass is 365 g/mol. The average Bonchev–Trinajstić information content (AvgIpc) is 3.22. The third kappa shape index (κ3) is 3.23. The summed E-state index contributed by atoms with van der Waals surface area (Å²) in [5.74, 6) is -0.0295. The van der Waals surface area contributed by atoms with Gasteiger partial charge in [-0.2, -0.15) is 0 Å². The van der Waals surface area contributed by atoms with E-state index in [0.29, 0.717) is 17.9 Å². The van der Waals surface area contributed by atoms with Crippen molar-refractivity contribution in [2.75, 3.05) is 18.5 Å². The standard InChI is InChI=1S/C20H19N3O4/c1-21-19(24)18-12-23(15-9-5-6-10-16(15)26-18)20(25)17-11-14(22-27-17)13-7-3-2-4-8-13/h2-10,17-18H,11-12H2,1H3,(H,21,24)/t17-,18-/m0/s1. The van der Waals surface area contributed by atoms with Gasteiger partial charge in [-0.15, -0.1) is 0 Å². The van der Waals surface area contributed by atoms with Gasteiger partial charge >= 0.3 is 0 Å². The summed E-state index contributed by atoms with van der Waals surface area (Å²) < 4.78 is 5.74. The molecule has 0 saturated heterocycles. The van der Waals surface area contributed by atoms with Gasteiger partial charge in [-0.3, -0.25) is 9.59 Å². The predicted molar refractivity (Wildman–Crippen MR) is 99.7 cm³/mol. The Bertz CT molecular complexity index is 897. The fourth-order valence-electron chi connectivity index (χ4n) is 3.23. The Morgan fingerprint density at radius 1 is 1.07 bits per heavy atom. The van der Waals surface area contributed by atoms with Crippen LogP contribution >= 0.6 is 0 Å². The maximum absolute atomic E-state index is 13.1. The third-order valence-corrected chi connectivity index (χ3v) is 4.63. The molecular weight excluding hydrogens is 346 g/mol. The van der Waals surface area contributed by atoms with Gasteiger partial charge in [0.15, 0.2) is 6.10 Å². The van der Waals surface area contributed by atoms with E-state index >= 15 is 0 Å². The third-order valence-electron chi connectivity index (χ3n) is 4.63. The molecule has 27 heavy (non-hydrogen) atoms. The Morgan fingerprint density at radius 2 is 1.81 bits per heavy atom. The second-order valence-electron chi connectivity index (χ2n) is 6.34. The van der Waals surface area contributed by atoms with Crippen molar-refractivity contribution in [3.05, 3.63) is 60.2 Å². The minimum atomic E-state index is -0.773. The fourth-order valence-corrected chi connectivity index (χ4v) is 3.23. The molecule has 0 saturated carbocycles. The van der Waals surface area contributed by atoms with Gasteiger partial charge < -0.3 is 19.8 Å². The van der Waals surface area contributed by atoms with Crippen LogP contribution in [0, 0.1) is 0 Å². The Hall–Kier alpha value is -3.35. The number of carbonyl (C=O) groups is 2. The highest BCUT2D eigenvalue weighted by molar-refractivity contribution is 6.07. The number of carbonyl (C=O) groups excluding carboxylic acids is 2. The highest BCUT2D eigenvalue weighted by atomic mass is 16.6. The van der Waals surface area contributed by atoms with E-state index in [0.717, 1.165) is 11.3 Å². The Kier molecular flexibility index (Phi) is 4.50. The molecule has 0 radical (unpaired) electrons. The number of amides is 2. The molecule has 0 aromatic heterocycles. The zero-order chi connectivity index (χ0) is 18.8. The lowest BCUT2D eigenvalue weighted by Gasteiger charge is -2.34. The number of likely N-dealkylation sites (N-methyl/N-ethyl adjacent to an activating group) is 1. The van der Waals surface area contributed by atoms with E-state index < -0.39 is 12.2 Å². The number of ether oxygens (including phenoxy) is 1. The lowest BCUT2D eigenvalue weighted by atomic mass is 10.0. The summed E-state index contributed by atoms with van der Waals surface area (Å²) in [6.07, 6.45) is -1.12. The van der Waals surface area contributed by atoms with Crippen molar-refractivity contribution >= 4 is 23.2 Å². The van der Waals surface area contributed by atoms with E-state index in [1.54, 1.807) is 30.1 Å². The Labute approximate surface area is 156 Å². The minimum absolute atomic E-state index is 0.121. The maximum atomic E-state index is 13.1. The van der Waals surface area contributed by atoms with Crippen LogP contribution in [0.1, 0.15) is 12.0 Å². The molecule has 2 amide bonds. The average molecular weight is 365 g/mol. The van der Waals surface area contributed by atoms with Crippen LogP contribution in [0.2, 0.25) is 0 Å². The number of anilines is 1. The number of fused-ring (bicyclic) bond motifs is 1. The molecule has 0 fully saturated rings. The van der Waals surface area contributed by atoms with Crippen LogP contribution < -0.4 is 15.0 Å². The second kappa shape index (κ2) is 7.11. The van der Waals surface area contributed by atoms with Crippen molar-refractivity contribution in [3.8, 4) is 5.75 Å². The zero-order valence-electron chi connectivity index (χ0n) is 14.8. The number of hydrogen-bond acceptors (Lipinski definition) is 5. The van der Waals surface area contributed by atoms with Gasteiger partial charge in [0.2, 0.25) is 6.10 Å². The summed E-state index contributed by atoms with van der Waals surface area (Å²) in [4.78, 5) is 32.2. The number of nitrogens with zero attached hydrogens (tertiary/aromatic N) is 2. The highest BCUT2D eigenvalue weighted by Gasteiger charge is 2.39. The first-order chi connectivity index (χ1) is 13.2. The quantitative estimate of drug-likeness (QED) is 0.898. The van der Waals surface area contributed by atoms with Gasteiger partial charge in [-0.1, -0.05) is 47.6 Å². The highest BCUT2D eigenvalue weighted by Crippen LogP contribution is 2.34. The molecule has 4 rings (SSSR count). The van der Waals surface area contributed by atoms with Crippen molar-refractivity contribution < 1.29 is 19.2 Å². The summed E-state index contributed by atoms with van der Waals surface area (Å²) in [7, 11) is 1.54. The number of hydrogen-bond donors (Lipinski definition) is 1. The van der Waals surface area contributed by atoms with E-state index in [1.807, 2.05) is 36.4 Å². The van der Waals surface area contributed by atoms with Gasteiger partial charge in [-0.05, 0) is 17.7 Å². The minimum Gasteiger partial charge on any atom is -0.477 e. The van der Waals surface area contributed by atoms with Gasteiger partial charge in [0, 0.05) is 13.5 Å². The largest absolute Gasteiger partial charge is 0.477 e. The van der Waals surface area contributed by atoms with Gasteiger partial charge in [0.1, 0.15) is 5.75 Å². The summed E-state index contributed by atoms with van der Waals surface area (Å²) in [5, 5.41) is 6.66. The molecule has 2 aliphatic heterocycles. The van der Waals surface area contributed by atoms with E-state index in [9.17, 15) is 9.59 Å². The van der Waals surface area contributed by atoms with E-state index in [-0.39, 0.29) is 18.4 Å². The first-order valence-electron chi connectivity index (χ1n) is 8.74. The Morgan fingerprint density at radius 3 is 2.59 bits per heavy atom. The summed E-state index contributed by atoms with van der Waals surface area (Å²) >= 11 is 0. The summed E-state index contributed by atoms with van der Waals surface area (Å²) in [6, 6.07) is 16.8. The number of rotatable bonds is 3. The van der Waals surface area contributed by atoms with Crippen LogP contribution in [0.5, 0.6) is 5.75 Å². The van der Waals surface area contributed by atoms with Crippen molar-refractivity contribution in [2.45, 2.75) is 18.6 Å². The van der Waals surface area contributed by atoms with Crippen molar-refractivity contribution in [1.82, 2.24) is 5.32 Å². The number of benzene rings is 2. The van der Waals surface area contributed by atoms with Gasteiger partial charge in [0.25, 0.3) is 11.8 Å². The van der Waals surface area contributed by atoms with E-state index in [1.165, 1.54) is 0 Å². The van der Waals surface area contributed by atoms with Gasteiger partial charge in [0.05, 0.1) is 17.9 Å². The molecule has 7 heteroatoms. The van der Waals surface area contributed by atoms with Crippen molar-refractivity contribution in [1.29, 1.82) is 0 Å². The molecule has 1 N–H and O–H groups in total. The molecule has 0 aliphatic carbocycles. The Balaban J connectivity index is 1.55. The van der Waals surface area contributed by atoms with Crippen LogP contribution in [-0.4, -0.2) is 43.3 Å². The molecule has 2 atom stereocenters. The fraction of sp³-hybridized carbons (Fsp3) is 0.250. The normalized spacial score (nSPS) is 20.8. The summed E-state index contributed by atoms with van der Waals surface area (Å²) in [5.41, 5.74) is 2.29. The molecule has 2 heterocycles. The first kappa shape index (κ1) is 17.1. The lowest BCUT2D eigenvalue weighted by molar-refractivity contribution is -0.130. The smallest absolute Gasteiger partial charge is 0.271 e. The number of oxime groups is 1. The first-order valence-corrected chi connectivity index (χ1v) is 8.74. The topological polar surface area (TPSA) is 80.2 Å². The van der Waals surface area contributed by atoms with Crippen molar-refractivity contribution in [2.24, 2.45) is 5.16 Å². The molecule has 138 valence electrons. The molecule has 0 spiro atoms. The van der Waals surface area contributed by atoms with Gasteiger partial charge in [-0.25, -0.2) is 0 Å². The van der Waals surface area contributed by atoms with Crippen LogP contribution in [0.15, 0.2) is 59.8 Å².